The molecule has 0 aliphatic heterocycles. The van der Waals surface area contributed by atoms with Crippen molar-refractivity contribution in [3.8, 4) is 17.1 Å². The Morgan fingerprint density at radius 3 is 2.91 bits per heavy atom. The fourth-order valence-corrected chi connectivity index (χ4v) is 1.86. The zero-order valence-corrected chi connectivity index (χ0v) is 12.8. The zero-order valence-electron chi connectivity index (χ0n) is 12.8. The molecule has 1 amide bonds. The topological polar surface area (TPSA) is 102 Å². The first-order valence-corrected chi connectivity index (χ1v) is 6.99. The third kappa shape index (κ3) is 3.51. The smallest absolute Gasteiger partial charge is 0.407 e. The maximum absolute atomic E-state index is 11.5. The van der Waals surface area contributed by atoms with E-state index in [4.69, 9.17) is 4.74 Å². The highest BCUT2D eigenvalue weighted by atomic mass is 16.5. The van der Waals surface area contributed by atoms with Gasteiger partial charge in [0.1, 0.15) is 11.4 Å². The van der Waals surface area contributed by atoms with Gasteiger partial charge in [0.2, 0.25) is 0 Å². The molecular formula is C14H19N5O3. The second-order valence-electron chi connectivity index (χ2n) is 4.80. The SMILES string of the molecule is CCCOC(=O)NCc1c(-c2ccc(O)c(C)n2)nnn1C. The summed E-state index contributed by atoms with van der Waals surface area (Å²) in [6.45, 7) is 4.23. The first-order chi connectivity index (χ1) is 10.5. The minimum absolute atomic E-state index is 0.121. The largest absolute Gasteiger partial charge is 0.506 e. The number of rotatable bonds is 5. The van der Waals surface area contributed by atoms with E-state index >= 15 is 0 Å². The van der Waals surface area contributed by atoms with Crippen LogP contribution in [0.25, 0.3) is 11.4 Å². The van der Waals surface area contributed by atoms with E-state index in [0.717, 1.165) is 6.42 Å². The molecule has 8 heteroatoms. The van der Waals surface area contributed by atoms with E-state index in [1.807, 2.05) is 6.92 Å². The summed E-state index contributed by atoms with van der Waals surface area (Å²) >= 11 is 0. The highest BCUT2D eigenvalue weighted by molar-refractivity contribution is 5.67. The Bertz CT molecular complexity index is 668. The highest BCUT2D eigenvalue weighted by Gasteiger charge is 2.16. The Morgan fingerprint density at radius 2 is 2.23 bits per heavy atom. The number of ether oxygens (including phenoxy) is 1. The van der Waals surface area contributed by atoms with Gasteiger partial charge in [-0.05, 0) is 25.5 Å². The zero-order chi connectivity index (χ0) is 16.1. The van der Waals surface area contributed by atoms with E-state index in [2.05, 4.69) is 20.6 Å². The summed E-state index contributed by atoms with van der Waals surface area (Å²) in [7, 11) is 1.73. The Hall–Kier alpha value is -2.64. The van der Waals surface area contributed by atoms with Gasteiger partial charge >= 0.3 is 6.09 Å². The number of hydrogen-bond donors (Lipinski definition) is 2. The van der Waals surface area contributed by atoms with E-state index < -0.39 is 6.09 Å². The number of pyridine rings is 1. The Morgan fingerprint density at radius 1 is 1.45 bits per heavy atom. The summed E-state index contributed by atoms with van der Waals surface area (Å²) in [5.74, 6) is 0.121. The van der Waals surface area contributed by atoms with Crippen molar-refractivity contribution in [3.05, 3.63) is 23.5 Å². The minimum Gasteiger partial charge on any atom is -0.506 e. The predicted octanol–water partition coefficient (Wildman–Crippen LogP) is 1.53. The number of carbonyl (C=O) groups excluding carboxylic acids is 1. The van der Waals surface area contributed by atoms with Gasteiger partial charge in [0, 0.05) is 7.05 Å². The molecule has 2 heterocycles. The number of nitrogens with zero attached hydrogens (tertiary/aromatic N) is 4. The van der Waals surface area contributed by atoms with Crippen LogP contribution in [0.4, 0.5) is 4.79 Å². The first kappa shape index (κ1) is 15.7. The van der Waals surface area contributed by atoms with Crippen LogP contribution in [0.3, 0.4) is 0 Å². The molecule has 0 unspecified atom stereocenters. The van der Waals surface area contributed by atoms with Gasteiger partial charge in [-0.25, -0.2) is 14.5 Å². The van der Waals surface area contributed by atoms with Crippen molar-refractivity contribution in [3.63, 3.8) is 0 Å². The monoisotopic (exact) mass is 305 g/mol. The number of carbonyl (C=O) groups is 1. The van der Waals surface area contributed by atoms with Crippen LogP contribution in [0, 0.1) is 6.92 Å². The van der Waals surface area contributed by atoms with Gasteiger partial charge < -0.3 is 15.2 Å². The Kier molecular flexibility index (Phi) is 4.92. The van der Waals surface area contributed by atoms with Crippen molar-refractivity contribution in [1.29, 1.82) is 0 Å². The maximum atomic E-state index is 11.5. The van der Waals surface area contributed by atoms with E-state index in [-0.39, 0.29) is 12.3 Å². The predicted molar refractivity (Wildman–Crippen MR) is 79.1 cm³/mol. The summed E-state index contributed by atoms with van der Waals surface area (Å²) in [5.41, 5.74) is 2.35. The van der Waals surface area contributed by atoms with Crippen LogP contribution in [0.15, 0.2) is 12.1 Å². The minimum atomic E-state index is -0.483. The van der Waals surface area contributed by atoms with Gasteiger partial charge in [0.15, 0.2) is 0 Å². The fourth-order valence-electron chi connectivity index (χ4n) is 1.86. The van der Waals surface area contributed by atoms with E-state index in [0.29, 0.717) is 29.4 Å². The van der Waals surface area contributed by atoms with E-state index in [1.54, 1.807) is 30.8 Å². The lowest BCUT2D eigenvalue weighted by Gasteiger charge is -2.08. The molecule has 2 aromatic rings. The summed E-state index contributed by atoms with van der Waals surface area (Å²) in [6.07, 6.45) is 0.284. The van der Waals surface area contributed by atoms with E-state index in [1.165, 1.54) is 0 Å². The third-order valence-corrected chi connectivity index (χ3v) is 3.08. The van der Waals surface area contributed by atoms with Gasteiger partial charge in [0.25, 0.3) is 0 Å². The van der Waals surface area contributed by atoms with Crippen molar-refractivity contribution < 1.29 is 14.6 Å². The van der Waals surface area contributed by atoms with Crippen molar-refractivity contribution >= 4 is 6.09 Å². The summed E-state index contributed by atoms with van der Waals surface area (Å²) in [6, 6.07) is 3.21. The molecule has 2 N–H and O–H groups in total. The number of nitrogens with one attached hydrogen (secondary N) is 1. The number of alkyl carbamates (subject to hydrolysis) is 1. The van der Waals surface area contributed by atoms with Gasteiger partial charge in [-0.3, -0.25) is 0 Å². The van der Waals surface area contributed by atoms with Crippen molar-refractivity contribution in [2.45, 2.75) is 26.8 Å². The lowest BCUT2D eigenvalue weighted by molar-refractivity contribution is 0.145. The summed E-state index contributed by atoms with van der Waals surface area (Å²) in [5, 5.41) is 20.2. The summed E-state index contributed by atoms with van der Waals surface area (Å²) < 4.78 is 6.53. The molecule has 0 saturated carbocycles. The average molecular weight is 305 g/mol. The van der Waals surface area contributed by atoms with Gasteiger partial charge in [-0.1, -0.05) is 12.1 Å². The first-order valence-electron chi connectivity index (χ1n) is 6.99. The Balaban J connectivity index is 2.17. The van der Waals surface area contributed by atoms with Crippen LogP contribution in [0.2, 0.25) is 0 Å². The fraction of sp³-hybridized carbons (Fsp3) is 0.429. The maximum Gasteiger partial charge on any atom is 0.407 e. The third-order valence-electron chi connectivity index (χ3n) is 3.08. The molecule has 0 aliphatic rings. The van der Waals surface area contributed by atoms with Crippen molar-refractivity contribution in [2.24, 2.45) is 7.05 Å². The molecule has 0 aromatic carbocycles. The molecular weight excluding hydrogens is 286 g/mol. The van der Waals surface area contributed by atoms with E-state index in [9.17, 15) is 9.90 Å². The lowest BCUT2D eigenvalue weighted by atomic mass is 10.2. The molecule has 8 nitrogen and oxygen atoms in total. The molecule has 0 aliphatic carbocycles. The van der Waals surface area contributed by atoms with Crippen molar-refractivity contribution in [2.75, 3.05) is 6.61 Å². The second-order valence-corrected chi connectivity index (χ2v) is 4.80. The van der Waals surface area contributed by atoms with Crippen LogP contribution >= 0.6 is 0 Å². The van der Waals surface area contributed by atoms with Crippen LogP contribution in [-0.4, -0.2) is 37.8 Å². The normalized spacial score (nSPS) is 10.5. The van der Waals surface area contributed by atoms with Crippen LogP contribution in [-0.2, 0) is 18.3 Å². The van der Waals surface area contributed by atoms with Gasteiger partial charge in [0.05, 0.1) is 30.2 Å². The molecule has 0 bridgehead atoms. The number of aromatic hydroxyl groups is 1. The molecule has 22 heavy (non-hydrogen) atoms. The number of aromatic nitrogens is 4. The average Bonchev–Trinajstić information content (AvgIpc) is 2.87. The number of amides is 1. The van der Waals surface area contributed by atoms with Crippen LogP contribution in [0.1, 0.15) is 24.7 Å². The molecule has 0 radical (unpaired) electrons. The van der Waals surface area contributed by atoms with Gasteiger partial charge in [-0.15, -0.1) is 5.10 Å². The second kappa shape index (κ2) is 6.88. The quantitative estimate of drug-likeness (QED) is 0.868. The van der Waals surface area contributed by atoms with Crippen molar-refractivity contribution in [1.82, 2.24) is 25.3 Å². The van der Waals surface area contributed by atoms with Crippen LogP contribution < -0.4 is 5.32 Å². The van der Waals surface area contributed by atoms with Crippen LogP contribution in [0.5, 0.6) is 5.75 Å². The molecule has 0 fully saturated rings. The number of hydrogen-bond acceptors (Lipinski definition) is 6. The molecule has 0 spiro atoms. The standard InChI is InChI=1S/C14H19N5O3/c1-4-7-22-14(21)15-8-11-13(17-18-19(11)3)10-5-6-12(20)9(2)16-10/h5-6,20H,4,7-8H2,1-3H3,(H,15,21). The molecule has 2 aromatic heterocycles. The highest BCUT2D eigenvalue weighted by Crippen LogP contribution is 2.22. The Labute approximate surface area is 128 Å². The molecule has 0 saturated heterocycles. The molecule has 0 atom stereocenters. The van der Waals surface area contributed by atoms with Gasteiger partial charge in [-0.2, -0.15) is 0 Å². The number of aryl methyl sites for hydroxylation is 2. The lowest BCUT2D eigenvalue weighted by Crippen LogP contribution is -2.25. The summed E-state index contributed by atoms with van der Waals surface area (Å²) in [4.78, 5) is 15.8. The molecule has 118 valence electrons. The molecule has 2 rings (SSSR count).